The number of aryl methyl sites for hydroxylation is 1. The second kappa shape index (κ2) is 10.4. The summed E-state index contributed by atoms with van der Waals surface area (Å²) in [5.41, 5.74) is 10.6. The van der Waals surface area contributed by atoms with Gasteiger partial charge < -0.3 is 10.5 Å². The van der Waals surface area contributed by atoms with Crippen molar-refractivity contribution in [1.82, 2.24) is 4.31 Å². The average Bonchev–Trinajstić information content (AvgIpc) is 2.90. The van der Waals surface area contributed by atoms with E-state index < -0.39 is 10.0 Å². The highest BCUT2D eigenvalue weighted by molar-refractivity contribution is 7.88. The van der Waals surface area contributed by atoms with Crippen molar-refractivity contribution in [3.05, 3.63) is 113 Å². The Morgan fingerprint density at radius 2 is 1.70 bits per heavy atom. The Morgan fingerprint density at radius 3 is 2.49 bits per heavy atom. The summed E-state index contributed by atoms with van der Waals surface area (Å²) in [6.45, 7) is 0.429. The molecule has 1 aliphatic rings. The Bertz CT molecular complexity index is 1550. The summed E-state index contributed by atoms with van der Waals surface area (Å²) in [6, 6.07) is 27.3. The Hall–Kier alpha value is -3.68. The van der Waals surface area contributed by atoms with E-state index in [1.807, 2.05) is 66.7 Å². The molecule has 0 spiro atoms. The van der Waals surface area contributed by atoms with Gasteiger partial charge in [-0.25, -0.2) is 12.7 Å². The van der Waals surface area contributed by atoms with Crippen molar-refractivity contribution in [2.24, 2.45) is 5.73 Å². The first-order valence-electron chi connectivity index (χ1n) is 12.4. The molecule has 0 radical (unpaired) electrons. The van der Waals surface area contributed by atoms with Gasteiger partial charge in [0.2, 0.25) is 10.0 Å². The zero-order valence-electron chi connectivity index (χ0n) is 20.9. The Kier molecular flexibility index (Phi) is 7.00. The van der Waals surface area contributed by atoms with Crippen molar-refractivity contribution < 1.29 is 13.2 Å². The van der Waals surface area contributed by atoms with Gasteiger partial charge in [0.05, 0.1) is 5.75 Å². The van der Waals surface area contributed by atoms with Crippen molar-refractivity contribution >= 4 is 26.6 Å². The van der Waals surface area contributed by atoms with Crippen LogP contribution in [-0.4, -0.2) is 31.6 Å². The van der Waals surface area contributed by atoms with E-state index in [4.69, 9.17) is 15.9 Å². The van der Waals surface area contributed by atoms with Gasteiger partial charge in [-0.3, -0.25) is 5.41 Å². The van der Waals surface area contributed by atoms with Crippen LogP contribution in [0.1, 0.15) is 34.2 Å². The number of hydrogen-bond donors (Lipinski definition) is 2. The predicted molar refractivity (Wildman–Crippen MR) is 148 cm³/mol. The number of nitrogens with zero attached hydrogens (tertiary/aromatic N) is 1. The molecule has 1 unspecified atom stereocenters. The van der Waals surface area contributed by atoms with Crippen molar-refractivity contribution in [2.75, 3.05) is 7.05 Å². The number of amidine groups is 1. The van der Waals surface area contributed by atoms with E-state index in [2.05, 4.69) is 18.2 Å². The highest BCUT2D eigenvalue weighted by atomic mass is 32.2. The number of likely N-dealkylation sites (N-methyl/N-ethyl adjacent to an activating group) is 1. The van der Waals surface area contributed by atoms with Gasteiger partial charge in [0.15, 0.2) is 0 Å². The number of fused-ring (bicyclic) bond motifs is 2. The summed E-state index contributed by atoms with van der Waals surface area (Å²) in [4.78, 5) is 0. The molecule has 4 aromatic carbocycles. The summed E-state index contributed by atoms with van der Waals surface area (Å²) in [5.74, 6) is 0.851. The van der Waals surface area contributed by atoms with Crippen LogP contribution in [0, 0.1) is 5.41 Å². The fraction of sp³-hybridized carbons (Fsp3) is 0.233. The third kappa shape index (κ3) is 5.68. The Balaban J connectivity index is 1.26. The molecule has 0 saturated heterocycles. The molecule has 6 nitrogen and oxygen atoms in total. The second-order valence-electron chi connectivity index (χ2n) is 9.68. The highest BCUT2D eigenvalue weighted by Gasteiger charge is 2.30. The Labute approximate surface area is 218 Å². The van der Waals surface area contributed by atoms with E-state index in [0.29, 0.717) is 18.6 Å². The minimum Gasteiger partial charge on any atom is -0.489 e. The lowest BCUT2D eigenvalue weighted by atomic mass is 9.88. The van der Waals surface area contributed by atoms with Crippen LogP contribution in [0.15, 0.2) is 84.9 Å². The van der Waals surface area contributed by atoms with Crippen LogP contribution in [0.25, 0.3) is 10.8 Å². The summed E-state index contributed by atoms with van der Waals surface area (Å²) >= 11 is 0. The predicted octanol–water partition coefficient (Wildman–Crippen LogP) is 5.02. The van der Waals surface area contributed by atoms with Gasteiger partial charge in [0.1, 0.15) is 18.2 Å². The van der Waals surface area contributed by atoms with E-state index in [-0.39, 0.29) is 17.6 Å². The molecule has 1 atom stereocenters. The maximum absolute atomic E-state index is 13.1. The summed E-state index contributed by atoms with van der Waals surface area (Å²) in [6.07, 6.45) is 2.32. The molecule has 0 aliphatic heterocycles. The van der Waals surface area contributed by atoms with E-state index >= 15 is 0 Å². The zero-order chi connectivity index (χ0) is 26.0. The van der Waals surface area contributed by atoms with Gasteiger partial charge in [0, 0.05) is 18.7 Å². The fourth-order valence-corrected chi connectivity index (χ4v) is 6.40. The molecule has 0 heterocycles. The van der Waals surface area contributed by atoms with Gasteiger partial charge in [-0.15, -0.1) is 0 Å². The molecule has 0 aromatic heterocycles. The number of ether oxygens (including phenoxy) is 1. The number of nitrogens with one attached hydrogen (secondary N) is 1. The quantitative estimate of drug-likeness (QED) is 0.255. The van der Waals surface area contributed by atoms with Crippen LogP contribution in [0.3, 0.4) is 0 Å². The molecule has 0 amide bonds. The number of benzene rings is 4. The maximum Gasteiger partial charge on any atom is 0.218 e. The normalized spacial score (nSPS) is 15.5. The number of rotatable bonds is 8. The SMILES string of the molecule is CN(C1CCc2ccc(OCc3ccc4cc(C(=N)N)ccc4c3)cc2C1)S(=O)(=O)Cc1ccccc1. The van der Waals surface area contributed by atoms with E-state index in [9.17, 15) is 8.42 Å². The number of hydrogen-bond acceptors (Lipinski definition) is 4. The number of nitrogens with two attached hydrogens (primary N) is 1. The third-order valence-electron chi connectivity index (χ3n) is 7.15. The van der Waals surface area contributed by atoms with Gasteiger partial charge in [-0.1, -0.05) is 60.7 Å². The lowest BCUT2D eigenvalue weighted by molar-refractivity contribution is 0.304. The second-order valence-corrected chi connectivity index (χ2v) is 11.7. The molecule has 37 heavy (non-hydrogen) atoms. The van der Waals surface area contributed by atoms with Crippen LogP contribution in [0.5, 0.6) is 5.75 Å². The molecular formula is C30H31N3O3S. The molecule has 7 heteroatoms. The topological polar surface area (TPSA) is 96.5 Å². The molecule has 0 saturated carbocycles. The highest BCUT2D eigenvalue weighted by Crippen LogP contribution is 2.30. The summed E-state index contributed by atoms with van der Waals surface area (Å²) < 4.78 is 33.8. The monoisotopic (exact) mass is 513 g/mol. The summed E-state index contributed by atoms with van der Waals surface area (Å²) in [5, 5.41) is 9.72. The van der Waals surface area contributed by atoms with Crippen molar-refractivity contribution in [2.45, 2.75) is 37.7 Å². The first kappa shape index (κ1) is 25.0. The lowest BCUT2D eigenvalue weighted by Crippen LogP contribution is -2.41. The van der Waals surface area contributed by atoms with Crippen LogP contribution in [-0.2, 0) is 35.2 Å². The van der Waals surface area contributed by atoms with Gasteiger partial charge in [-0.05, 0) is 76.6 Å². The van der Waals surface area contributed by atoms with Crippen LogP contribution < -0.4 is 10.5 Å². The lowest BCUT2D eigenvalue weighted by Gasteiger charge is -2.32. The minimum absolute atomic E-state index is 0.0126. The number of sulfonamides is 1. The van der Waals surface area contributed by atoms with E-state index in [1.165, 1.54) is 5.56 Å². The first-order valence-corrected chi connectivity index (χ1v) is 14.0. The fourth-order valence-electron chi connectivity index (χ4n) is 4.95. The molecule has 190 valence electrons. The maximum atomic E-state index is 13.1. The molecule has 5 rings (SSSR count). The van der Waals surface area contributed by atoms with Crippen LogP contribution in [0.2, 0.25) is 0 Å². The van der Waals surface area contributed by atoms with Gasteiger partial charge in [0.25, 0.3) is 0 Å². The molecule has 4 aromatic rings. The minimum atomic E-state index is -3.41. The van der Waals surface area contributed by atoms with Crippen LogP contribution >= 0.6 is 0 Å². The molecule has 0 bridgehead atoms. The first-order chi connectivity index (χ1) is 17.8. The van der Waals surface area contributed by atoms with Gasteiger partial charge >= 0.3 is 0 Å². The van der Waals surface area contributed by atoms with Crippen molar-refractivity contribution in [1.29, 1.82) is 5.41 Å². The molecule has 3 N–H and O–H groups in total. The van der Waals surface area contributed by atoms with Gasteiger partial charge in [-0.2, -0.15) is 0 Å². The summed E-state index contributed by atoms with van der Waals surface area (Å²) in [7, 11) is -1.71. The molecule has 0 fully saturated rings. The third-order valence-corrected chi connectivity index (χ3v) is 9.02. The zero-order valence-corrected chi connectivity index (χ0v) is 21.7. The smallest absolute Gasteiger partial charge is 0.218 e. The Morgan fingerprint density at radius 1 is 0.946 bits per heavy atom. The standard InChI is InChI=1S/C30H31N3O3S/c1-33(37(34,35)20-21-5-3-2-4-6-21)28-13-11-23-12-14-29(18-27(23)17-28)36-19-22-7-8-25-16-26(30(31)32)10-9-24(25)15-22/h2-10,12,14-16,18,28H,11,13,17,19-20H2,1H3,(H3,31,32). The average molecular weight is 514 g/mol. The largest absolute Gasteiger partial charge is 0.489 e. The number of nitrogen functional groups attached to an aromatic ring is 1. The van der Waals surface area contributed by atoms with E-state index in [0.717, 1.165) is 46.1 Å². The van der Waals surface area contributed by atoms with Crippen molar-refractivity contribution in [3.8, 4) is 5.75 Å². The van der Waals surface area contributed by atoms with Crippen molar-refractivity contribution in [3.63, 3.8) is 0 Å². The molecule has 1 aliphatic carbocycles. The van der Waals surface area contributed by atoms with Crippen LogP contribution in [0.4, 0.5) is 0 Å². The van der Waals surface area contributed by atoms with E-state index in [1.54, 1.807) is 11.4 Å². The molecular weight excluding hydrogens is 482 g/mol.